The third kappa shape index (κ3) is 6.89. The van der Waals surface area contributed by atoms with Gasteiger partial charge in [0.25, 0.3) is 0 Å². The van der Waals surface area contributed by atoms with Crippen molar-refractivity contribution in [2.45, 2.75) is 19.9 Å². The van der Waals surface area contributed by atoms with Crippen LogP contribution in [0.1, 0.15) is 18.9 Å². The van der Waals surface area contributed by atoms with Crippen LogP contribution in [0.2, 0.25) is 0 Å². The van der Waals surface area contributed by atoms with Gasteiger partial charge in [0.2, 0.25) is 0 Å². The topological polar surface area (TPSA) is 33.7 Å². The highest BCUT2D eigenvalue weighted by Crippen LogP contribution is 2.19. The van der Waals surface area contributed by atoms with E-state index in [1.807, 2.05) is 13.0 Å². The third-order valence-electron chi connectivity index (χ3n) is 3.23. The average Bonchev–Trinajstić information content (AvgIpc) is 2.48. The molecule has 0 heterocycles. The predicted octanol–water partition coefficient (Wildman–Crippen LogP) is 2.42. The van der Waals surface area contributed by atoms with Crippen LogP contribution in [0.3, 0.4) is 0 Å². The third-order valence-corrected chi connectivity index (χ3v) is 3.23. The van der Waals surface area contributed by atoms with Crippen LogP contribution in [0.15, 0.2) is 18.2 Å². The molecule has 0 aliphatic heterocycles. The normalized spacial score (nSPS) is 10.9. The Hall–Kier alpha value is -1.17. The van der Waals surface area contributed by atoms with Gasteiger partial charge in [-0.15, -0.1) is 0 Å². The van der Waals surface area contributed by atoms with Gasteiger partial charge in [-0.25, -0.2) is 4.39 Å². The number of nitrogens with zero attached hydrogens (tertiary/aromatic N) is 1. The number of anilines is 1. The van der Waals surface area contributed by atoms with Crippen molar-refractivity contribution < 1.29 is 13.9 Å². The number of hydrogen-bond donors (Lipinski definition) is 1. The molecule has 5 heteroatoms. The molecule has 1 aromatic rings. The number of benzene rings is 1. The fraction of sp³-hybridized carbons (Fsp3) is 0.625. The van der Waals surface area contributed by atoms with E-state index >= 15 is 0 Å². The van der Waals surface area contributed by atoms with Crippen LogP contribution in [-0.4, -0.2) is 47.1 Å². The molecule has 1 rings (SSSR count). The maximum Gasteiger partial charge on any atom is 0.125 e. The summed E-state index contributed by atoms with van der Waals surface area (Å²) in [6.07, 6.45) is 0.902. The van der Waals surface area contributed by atoms with Gasteiger partial charge in [-0.3, -0.25) is 0 Å². The van der Waals surface area contributed by atoms with E-state index in [2.05, 4.69) is 10.2 Å². The Labute approximate surface area is 127 Å². The van der Waals surface area contributed by atoms with Gasteiger partial charge in [-0.05, 0) is 36.7 Å². The van der Waals surface area contributed by atoms with Crippen LogP contribution < -0.4 is 10.2 Å². The van der Waals surface area contributed by atoms with Crippen LogP contribution in [0.5, 0.6) is 0 Å². The summed E-state index contributed by atoms with van der Waals surface area (Å²) in [5, 5.41) is 3.22. The smallest absolute Gasteiger partial charge is 0.125 e. The largest absolute Gasteiger partial charge is 0.385 e. The van der Waals surface area contributed by atoms with E-state index in [1.54, 1.807) is 26.4 Å². The summed E-state index contributed by atoms with van der Waals surface area (Å²) in [4.78, 5) is 2.14. The molecule has 0 aliphatic carbocycles. The highest BCUT2D eigenvalue weighted by molar-refractivity contribution is 5.49. The zero-order chi connectivity index (χ0) is 15.5. The molecular formula is C16H27FN2O2. The molecule has 120 valence electrons. The van der Waals surface area contributed by atoms with Crippen molar-refractivity contribution in [2.75, 3.05) is 52.0 Å². The summed E-state index contributed by atoms with van der Waals surface area (Å²) in [6.45, 7) is 6.46. The van der Waals surface area contributed by atoms with Crippen molar-refractivity contribution in [3.63, 3.8) is 0 Å². The first-order valence-corrected chi connectivity index (χ1v) is 7.44. The number of methoxy groups -OCH3 is 2. The fourth-order valence-electron chi connectivity index (χ4n) is 2.16. The van der Waals surface area contributed by atoms with Gasteiger partial charge < -0.3 is 19.7 Å². The highest BCUT2D eigenvalue weighted by Gasteiger charge is 2.09. The molecule has 0 spiro atoms. The summed E-state index contributed by atoms with van der Waals surface area (Å²) in [5.41, 5.74) is 1.86. The molecule has 0 saturated heterocycles. The maximum atomic E-state index is 13.8. The Balaban J connectivity index is 2.80. The van der Waals surface area contributed by atoms with Crippen molar-refractivity contribution in [3.05, 3.63) is 29.6 Å². The second-order valence-corrected chi connectivity index (χ2v) is 4.92. The molecule has 1 aromatic carbocycles. The Kier molecular flexibility index (Phi) is 8.98. The van der Waals surface area contributed by atoms with E-state index in [9.17, 15) is 4.39 Å². The molecule has 21 heavy (non-hydrogen) atoms. The maximum absolute atomic E-state index is 13.8. The summed E-state index contributed by atoms with van der Waals surface area (Å²) >= 11 is 0. The minimum Gasteiger partial charge on any atom is -0.385 e. The van der Waals surface area contributed by atoms with Crippen LogP contribution in [0.25, 0.3) is 0 Å². The molecule has 0 amide bonds. The molecule has 0 saturated carbocycles. The van der Waals surface area contributed by atoms with E-state index in [4.69, 9.17) is 9.47 Å². The lowest BCUT2D eigenvalue weighted by Gasteiger charge is -2.25. The Bertz CT molecular complexity index is 402. The lowest BCUT2D eigenvalue weighted by molar-refractivity contribution is 0.191. The van der Waals surface area contributed by atoms with Crippen molar-refractivity contribution in [2.24, 2.45) is 0 Å². The van der Waals surface area contributed by atoms with Crippen LogP contribution in [0.4, 0.5) is 10.1 Å². The molecule has 0 atom stereocenters. The zero-order valence-electron chi connectivity index (χ0n) is 13.3. The number of rotatable bonds is 11. The molecular weight excluding hydrogens is 271 g/mol. The van der Waals surface area contributed by atoms with Crippen LogP contribution in [0, 0.1) is 5.82 Å². The zero-order valence-corrected chi connectivity index (χ0v) is 13.3. The molecule has 0 aromatic heterocycles. The number of nitrogens with one attached hydrogen (secondary N) is 1. The van der Waals surface area contributed by atoms with E-state index in [1.165, 1.54) is 0 Å². The molecule has 1 N–H and O–H groups in total. The van der Waals surface area contributed by atoms with Gasteiger partial charge in [-0.2, -0.15) is 0 Å². The standard InChI is InChI=1S/C16H27FN2O2/c1-4-18-13-14-10-15(17)12-16(11-14)19(7-9-21-3)6-5-8-20-2/h10-12,18H,4-9,13H2,1-3H3. The van der Waals surface area contributed by atoms with E-state index in [0.717, 1.165) is 37.3 Å². The van der Waals surface area contributed by atoms with E-state index < -0.39 is 0 Å². The van der Waals surface area contributed by atoms with E-state index in [0.29, 0.717) is 19.8 Å². The first-order chi connectivity index (χ1) is 10.2. The Morgan fingerprint density at radius 3 is 2.52 bits per heavy atom. The second-order valence-electron chi connectivity index (χ2n) is 4.92. The molecule has 4 nitrogen and oxygen atoms in total. The molecule has 0 fully saturated rings. The van der Waals surface area contributed by atoms with Crippen molar-refractivity contribution in [3.8, 4) is 0 Å². The van der Waals surface area contributed by atoms with Gasteiger partial charge in [-0.1, -0.05) is 6.92 Å². The monoisotopic (exact) mass is 298 g/mol. The van der Waals surface area contributed by atoms with Crippen LogP contribution in [-0.2, 0) is 16.0 Å². The summed E-state index contributed by atoms with van der Waals surface area (Å²) in [6, 6.07) is 5.20. The van der Waals surface area contributed by atoms with E-state index in [-0.39, 0.29) is 5.82 Å². The van der Waals surface area contributed by atoms with Gasteiger partial charge in [0.15, 0.2) is 0 Å². The molecule has 0 bridgehead atoms. The van der Waals surface area contributed by atoms with Gasteiger partial charge in [0.05, 0.1) is 6.61 Å². The predicted molar refractivity (Wildman–Crippen MR) is 84.4 cm³/mol. The number of hydrogen-bond acceptors (Lipinski definition) is 4. The summed E-state index contributed by atoms with van der Waals surface area (Å²) in [7, 11) is 3.37. The minimum absolute atomic E-state index is 0.199. The highest BCUT2D eigenvalue weighted by atomic mass is 19.1. The van der Waals surface area contributed by atoms with Crippen LogP contribution >= 0.6 is 0 Å². The minimum atomic E-state index is -0.199. The average molecular weight is 298 g/mol. The van der Waals surface area contributed by atoms with Crippen molar-refractivity contribution in [1.29, 1.82) is 0 Å². The van der Waals surface area contributed by atoms with Gasteiger partial charge in [0, 0.05) is 46.1 Å². The lowest BCUT2D eigenvalue weighted by atomic mass is 10.1. The fourth-order valence-corrected chi connectivity index (χ4v) is 2.16. The van der Waals surface area contributed by atoms with Gasteiger partial charge in [0.1, 0.15) is 5.82 Å². The number of halogens is 1. The first-order valence-electron chi connectivity index (χ1n) is 7.44. The summed E-state index contributed by atoms with van der Waals surface area (Å²) < 4.78 is 24.1. The molecule has 0 aliphatic rings. The molecule has 0 radical (unpaired) electrons. The van der Waals surface area contributed by atoms with Crippen molar-refractivity contribution in [1.82, 2.24) is 5.32 Å². The Morgan fingerprint density at radius 1 is 1.10 bits per heavy atom. The number of ether oxygens (including phenoxy) is 2. The Morgan fingerprint density at radius 2 is 1.86 bits per heavy atom. The lowest BCUT2D eigenvalue weighted by Crippen LogP contribution is -2.29. The SMILES string of the molecule is CCNCc1cc(F)cc(N(CCCOC)CCOC)c1. The van der Waals surface area contributed by atoms with Crippen molar-refractivity contribution >= 4 is 5.69 Å². The first kappa shape index (κ1) is 17.9. The quantitative estimate of drug-likeness (QED) is 0.636. The molecule has 0 unspecified atom stereocenters. The van der Waals surface area contributed by atoms with Gasteiger partial charge >= 0.3 is 0 Å². The summed E-state index contributed by atoms with van der Waals surface area (Å²) in [5.74, 6) is -0.199. The second kappa shape index (κ2) is 10.5.